The van der Waals surface area contributed by atoms with Crippen molar-refractivity contribution in [2.24, 2.45) is 0 Å². The third-order valence-electron chi connectivity index (χ3n) is 5.69. The molecule has 1 amide bonds. The van der Waals surface area contributed by atoms with Crippen LogP contribution in [0.2, 0.25) is 0 Å². The zero-order valence-corrected chi connectivity index (χ0v) is 18.2. The fourth-order valence-electron chi connectivity index (χ4n) is 4.04. The molecule has 2 aromatic heterocycles. The Morgan fingerprint density at radius 3 is 2.62 bits per heavy atom. The van der Waals surface area contributed by atoms with Gasteiger partial charge in [0.1, 0.15) is 24.1 Å². The number of anilines is 1. The van der Waals surface area contributed by atoms with E-state index in [0.29, 0.717) is 33.8 Å². The minimum atomic E-state index is -1.25. The molecule has 0 saturated carbocycles. The van der Waals surface area contributed by atoms with E-state index in [1.54, 1.807) is 43.3 Å². The molecule has 0 radical (unpaired) electrons. The van der Waals surface area contributed by atoms with Gasteiger partial charge in [0.2, 0.25) is 5.91 Å². The lowest BCUT2D eigenvalue weighted by atomic mass is 9.86. The van der Waals surface area contributed by atoms with Gasteiger partial charge in [-0.15, -0.1) is 0 Å². The van der Waals surface area contributed by atoms with E-state index in [2.05, 4.69) is 5.32 Å². The molecule has 1 atom stereocenters. The van der Waals surface area contributed by atoms with E-state index in [1.807, 2.05) is 26.8 Å². The summed E-state index contributed by atoms with van der Waals surface area (Å²) in [6.07, 6.45) is 0.276. The molecule has 0 saturated heterocycles. The maximum Gasteiger partial charge on any atom is 0.417 e. The normalized spacial score (nSPS) is 18.4. The molecule has 0 bridgehead atoms. The number of hydrogen-bond acceptors (Lipinski definition) is 5. The largest absolute Gasteiger partial charge is 0.466 e. The van der Waals surface area contributed by atoms with Crippen LogP contribution in [-0.4, -0.2) is 28.3 Å². The van der Waals surface area contributed by atoms with Gasteiger partial charge in [0, 0.05) is 11.3 Å². The number of hydrogen-bond donors (Lipinski definition) is 2. The number of nitriles is 1. The molecular formula is C24H23N3O5. The summed E-state index contributed by atoms with van der Waals surface area (Å²) in [5, 5.41) is 22.5. The van der Waals surface area contributed by atoms with Crippen LogP contribution in [0.5, 0.6) is 0 Å². The zero-order valence-electron chi connectivity index (χ0n) is 18.2. The Labute approximate surface area is 185 Å². The van der Waals surface area contributed by atoms with Gasteiger partial charge in [-0.2, -0.15) is 5.26 Å². The fraction of sp³-hybridized carbons (Fsp3) is 0.292. The first kappa shape index (κ1) is 21.4. The number of nitrogens with one attached hydrogen (secondary N) is 1. The third-order valence-corrected chi connectivity index (χ3v) is 5.69. The van der Waals surface area contributed by atoms with Gasteiger partial charge in [-0.3, -0.25) is 4.79 Å². The number of ether oxygens (including phenoxy) is 1. The molecule has 0 aliphatic carbocycles. The summed E-state index contributed by atoms with van der Waals surface area (Å²) in [6.45, 7) is 7.40. The smallest absolute Gasteiger partial charge is 0.417 e. The monoisotopic (exact) mass is 433 g/mol. The van der Waals surface area contributed by atoms with Crippen molar-refractivity contribution in [3.05, 3.63) is 65.2 Å². The highest BCUT2D eigenvalue weighted by atomic mass is 16.5. The van der Waals surface area contributed by atoms with Crippen LogP contribution < -0.4 is 5.32 Å². The molecule has 0 fully saturated rings. The molecule has 8 nitrogen and oxygen atoms in total. The molecule has 1 unspecified atom stereocenters. The quantitative estimate of drug-likeness (QED) is 0.606. The van der Waals surface area contributed by atoms with E-state index in [9.17, 15) is 20.0 Å². The summed E-state index contributed by atoms with van der Waals surface area (Å²) in [6, 6.07) is 12.5. The van der Waals surface area contributed by atoms with E-state index in [-0.39, 0.29) is 18.2 Å². The van der Waals surface area contributed by atoms with E-state index in [0.717, 1.165) is 4.57 Å². The van der Waals surface area contributed by atoms with E-state index < -0.39 is 17.1 Å². The molecule has 32 heavy (non-hydrogen) atoms. The first-order valence-electron chi connectivity index (χ1n) is 10.1. The number of carbonyl (C=O) groups is 2. The van der Waals surface area contributed by atoms with Crippen molar-refractivity contribution in [3.8, 4) is 17.3 Å². The summed E-state index contributed by atoms with van der Waals surface area (Å²) < 4.78 is 12.6. The molecule has 164 valence electrons. The Bertz CT molecular complexity index is 1260. The van der Waals surface area contributed by atoms with E-state index >= 15 is 0 Å². The number of furan rings is 1. The first-order valence-corrected chi connectivity index (χ1v) is 10.1. The van der Waals surface area contributed by atoms with Crippen molar-refractivity contribution in [3.63, 3.8) is 0 Å². The van der Waals surface area contributed by atoms with Crippen molar-refractivity contribution in [2.45, 2.75) is 38.7 Å². The second kappa shape index (κ2) is 7.39. The van der Waals surface area contributed by atoms with Crippen LogP contribution in [0.15, 0.2) is 47.1 Å². The molecule has 8 heteroatoms. The van der Waals surface area contributed by atoms with Gasteiger partial charge in [0.05, 0.1) is 12.0 Å². The molecule has 4 rings (SSSR count). The van der Waals surface area contributed by atoms with Crippen LogP contribution in [0, 0.1) is 11.3 Å². The molecule has 1 aliphatic rings. The van der Waals surface area contributed by atoms with Crippen molar-refractivity contribution >= 4 is 17.7 Å². The maximum absolute atomic E-state index is 12.2. The van der Waals surface area contributed by atoms with Gasteiger partial charge < -0.3 is 19.6 Å². The Morgan fingerprint density at radius 2 is 2.03 bits per heavy atom. The van der Waals surface area contributed by atoms with Gasteiger partial charge in [-0.25, -0.2) is 9.36 Å². The van der Waals surface area contributed by atoms with Crippen LogP contribution in [0.4, 0.5) is 10.5 Å². The highest BCUT2D eigenvalue weighted by Gasteiger charge is 2.39. The zero-order chi connectivity index (χ0) is 23.3. The first-order chi connectivity index (χ1) is 15.1. The van der Waals surface area contributed by atoms with Crippen molar-refractivity contribution in [1.82, 2.24) is 4.57 Å². The molecule has 0 spiro atoms. The lowest BCUT2D eigenvalue weighted by Crippen LogP contribution is -2.27. The summed E-state index contributed by atoms with van der Waals surface area (Å²) in [5.74, 6) is 0.207. The third kappa shape index (κ3) is 3.37. The number of carboxylic acid groups (broad SMARTS) is 1. The molecule has 1 aromatic carbocycles. The second-order valence-corrected chi connectivity index (χ2v) is 8.88. The van der Waals surface area contributed by atoms with Crippen molar-refractivity contribution in [2.75, 3.05) is 11.9 Å². The van der Waals surface area contributed by atoms with Crippen LogP contribution in [0.25, 0.3) is 11.3 Å². The van der Waals surface area contributed by atoms with Crippen molar-refractivity contribution in [1.29, 1.82) is 5.26 Å². The predicted molar refractivity (Wildman–Crippen MR) is 116 cm³/mol. The number of amides is 1. The predicted octanol–water partition coefficient (Wildman–Crippen LogP) is 4.68. The summed E-state index contributed by atoms with van der Waals surface area (Å²) >= 11 is 0. The van der Waals surface area contributed by atoms with Gasteiger partial charge in [0.15, 0.2) is 5.60 Å². The van der Waals surface area contributed by atoms with Crippen LogP contribution in [-0.2, 0) is 20.5 Å². The molecular weight excluding hydrogens is 410 g/mol. The molecule has 1 aliphatic heterocycles. The van der Waals surface area contributed by atoms with Gasteiger partial charge in [-0.1, -0.05) is 26.8 Å². The fourth-order valence-corrected chi connectivity index (χ4v) is 4.04. The summed E-state index contributed by atoms with van der Waals surface area (Å²) in [7, 11) is 0. The number of carbonyl (C=O) groups excluding carboxylic acids is 1. The molecule has 3 heterocycles. The number of aromatic nitrogens is 1. The van der Waals surface area contributed by atoms with Gasteiger partial charge in [0.25, 0.3) is 0 Å². The molecule has 3 aromatic rings. The summed E-state index contributed by atoms with van der Waals surface area (Å²) in [5.41, 5.74) is 1.27. The average Bonchev–Trinajstić information content (AvgIpc) is 3.38. The Hall–Kier alpha value is -3.83. The summed E-state index contributed by atoms with van der Waals surface area (Å²) in [4.78, 5) is 24.3. The van der Waals surface area contributed by atoms with Crippen LogP contribution in [0.3, 0.4) is 0 Å². The lowest BCUT2D eigenvalue weighted by molar-refractivity contribution is -0.125. The maximum atomic E-state index is 12.2. The van der Waals surface area contributed by atoms with Crippen LogP contribution >= 0.6 is 0 Å². The van der Waals surface area contributed by atoms with E-state index in [4.69, 9.17) is 9.15 Å². The topological polar surface area (TPSA) is 117 Å². The van der Waals surface area contributed by atoms with E-state index in [1.165, 1.54) is 6.26 Å². The van der Waals surface area contributed by atoms with Crippen molar-refractivity contribution < 1.29 is 23.8 Å². The highest BCUT2D eigenvalue weighted by Crippen LogP contribution is 2.42. The van der Waals surface area contributed by atoms with Crippen LogP contribution in [0.1, 0.15) is 50.3 Å². The Balaban J connectivity index is 1.98. The Kier molecular flexibility index (Phi) is 4.94. The highest BCUT2D eigenvalue weighted by molar-refractivity contribution is 5.94. The number of nitrogens with zero attached hydrogens (tertiary/aromatic N) is 2. The Morgan fingerprint density at radius 1 is 1.28 bits per heavy atom. The standard InChI is InChI=1S/C24H23N3O5/c1-23(2,3)16-11-18(27(22(29)30)19(16)12-25)14-7-8-17-15(10-14)24(4,20-6-5-9-31-20)32-13-21(28)26-17/h5-11H,13H2,1-4H3,(H,26,28)(H,29,30). The number of rotatable bonds is 2. The van der Waals surface area contributed by atoms with Gasteiger partial charge in [-0.05, 0) is 53.8 Å². The minimum Gasteiger partial charge on any atom is -0.466 e. The van der Waals surface area contributed by atoms with Gasteiger partial charge >= 0.3 is 6.09 Å². The number of fused-ring (bicyclic) bond motifs is 1. The molecule has 2 N–H and O–H groups in total. The lowest BCUT2D eigenvalue weighted by Gasteiger charge is -2.27. The SMILES string of the molecule is CC(C)(C)c1cc(-c2ccc3c(c2)C(C)(c2ccco2)OCC(=O)N3)n(C(=O)O)c1C#N. The number of benzene rings is 1. The average molecular weight is 433 g/mol. The second-order valence-electron chi connectivity index (χ2n) is 8.88. The minimum absolute atomic E-state index is 0.0771.